The fraction of sp³-hybridized carbons (Fsp3) is 1.00. The summed E-state index contributed by atoms with van der Waals surface area (Å²) in [6, 6.07) is 1.37. The van der Waals surface area contributed by atoms with Crippen LogP contribution in [0.2, 0.25) is 0 Å². The first kappa shape index (κ1) is 10.1. The molecule has 0 aliphatic carbocycles. The van der Waals surface area contributed by atoms with E-state index in [0.717, 1.165) is 12.5 Å². The Morgan fingerprint density at radius 3 is 2.53 bits per heavy atom. The van der Waals surface area contributed by atoms with Crippen LogP contribution < -0.4 is 5.32 Å². The van der Waals surface area contributed by atoms with Gasteiger partial charge >= 0.3 is 0 Å². The lowest BCUT2D eigenvalue weighted by Gasteiger charge is -2.33. The molecule has 86 valence electrons. The molecule has 1 N–H and O–H groups in total. The molecule has 3 rings (SSSR count). The standard InChI is InChI=1S/C11H19NO2S/c13-15(14)6-5-8(7-15)10-3-1-9-2-4-11(10)12-9/h8-12H,1-7H2. The summed E-state index contributed by atoms with van der Waals surface area (Å²) in [4.78, 5) is 0. The average molecular weight is 229 g/mol. The lowest BCUT2D eigenvalue weighted by Crippen LogP contribution is -2.43. The van der Waals surface area contributed by atoms with Crippen molar-refractivity contribution < 1.29 is 8.42 Å². The van der Waals surface area contributed by atoms with Gasteiger partial charge in [-0.15, -0.1) is 0 Å². The zero-order valence-electron chi connectivity index (χ0n) is 8.98. The van der Waals surface area contributed by atoms with Crippen LogP contribution in [0.5, 0.6) is 0 Å². The molecule has 4 heteroatoms. The molecular weight excluding hydrogens is 210 g/mol. The van der Waals surface area contributed by atoms with Crippen molar-refractivity contribution in [1.29, 1.82) is 0 Å². The first-order valence-corrected chi connectivity index (χ1v) is 7.93. The number of hydrogen-bond acceptors (Lipinski definition) is 3. The molecule has 4 unspecified atom stereocenters. The number of nitrogens with one attached hydrogen (secondary N) is 1. The molecule has 3 aliphatic heterocycles. The third-order valence-corrected chi connectivity index (χ3v) is 6.31. The van der Waals surface area contributed by atoms with Gasteiger partial charge < -0.3 is 5.32 Å². The molecule has 4 atom stereocenters. The van der Waals surface area contributed by atoms with E-state index in [-0.39, 0.29) is 0 Å². The Labute approximate surface area is 91.5 Å². The minimum absolute atomic E-state index is 0.435. The molecule has 15 heavy (non-hydrogen) atoms. The van der Waals surface area contributed by atoms with E-state index in [1.807, 2.05) is 0 Å². The summed E-state index contributed by atoms with van der Waals surface area (Å²) in [5.74, 6) is 1.98. The summed E-state index contributed by atoms with van der Waals surface area (Å²) >= 11 is 0. The largest absolute Gasteiger partial charge is 0.311 e. The van der Waals surface area contributed by atoms with Gasteiger partial charge in [-0.2, -0.15) is 0 Å². The van der Waals surface area contributed by atoms with E-state index < -0.39 is 9.84 Å². The van der Waals surface area contributed by atoms with Gasteiger partial charge in [0.2, 0.25) is 0 Å². The van der Waals surface area contributed by atoms with Crippen LogP contribution in [0.1, 0.15) is 32.1 Å². The summed E-state index contributed by atoms with van der Waals surface area (Å²) in [5, 5.41) is 3.65. The van der Waals surface area contributed by atoms with Gasteiger partial charge in [0.05, 0.1) is 11.5 Å². The summed E-state index contributed by atoms with van der Waals surface area (Å²) < 4.78 is 22.9. The van der Waals surface area contributed by atoms with Crippen LogP contribution in [0, 0.1) is 11.8 Å². The molecule has 3 heterocycles. The van der Waals surface area contributed by atoms with Crippen LogP contribution in [0.4, 0.5) is 0 Å². The van der Waals surface area contributed by atoms with Crippen LogP contribution in [0.3, 0.4) is 0 Å². The van der Waals surface area contributed by atoms with Crippen molar-refractivity contribution in [1.82, 2.24) is 5.32 Å². The van der Waals surface area contributed by atoms with E-state index in [2.05, 4.69) is 5.32 Å². The fourth-order valence-electron chi connectivity index (χ4n) is 3.74. The van der Waals surface area contributed by atoms with Crippen molar-refractivity contribution in [3.05, 3.63) is 0 Å². The molecule has 0 radical (unpaired) electrons. The van der Waals surface area contributed by atoms with E-state index in [4.69, 9.17) is 0 Å². The van der Waals surface area contributed by atoms with Crippen molar-refractivity contribution >= 4 is 9.84 Å². The SMILES string of the molecule is O=S1(=O)CCC(C2CCC3CCC2N3)C1. The second-order valence-corrected chi connectivity index (χ2v) is 7.68. The van der Waals surface area contributed by atoms with Gasteiger partial charge in [0.25, 0.3) is 0 Å². The van der Waals surface area contributed by atoms with E-state index in [1.54, 1.807) is 0 Å². The summed E-state index contributed by atoms with van der Waals surface area (Å²) in [7, 11) is -2.69. The number of piperidine rings is 1. The average Bonchev–Trinajstić information content (AvgIpc) is 2.72. The molecule has 0 aromatic carbocycles. The minimum Gasteiger partial charge on any atom is -0.311 e. The molecule has 0 aromatic rings. The first-order valence-electron chi connectivity index (χ1n) is 6.10. The van der Waals surface area contributed by atoms with Crippen molar-refractivity contribution in [3.63, 3.8) is 0 Å². The highest BCUT2D eigenvalue weighted by Crippen LogP contribution is 2.39. The normalized spacial score (nSPS) is 48.3. The smallest absolute Gasteiger partial charge is 0.150 e. The van der Waals surface area contributed by atoms with Crippen LogP contribution in [0.25, 0.3) is 0 Å². The zero-order valence-corrected chi connectivity index (χ0v) is 9.80. The van der Waals surface area contributed by atoms with Crippen LogP contribution in [-0.4, -0.2) is 32.0 Å². The molecule has 3 fully saturated rings. The summed E-state index contributed by atoms with van der Waals surface area (Å²) in [6.45, 7) is 0. The molecular formula is C11H19NO2S. The quantitative estimate of drug-likeness (QED) is 0.728. The first-order chi connectivity index (χ1) is 7.14. The molecule has 3 aliphatic rings. The maximum absolute atomic E-state index is 11.5. The van der Waals surface area contributed by atoms with Gasteiger partial charge in [0.1, 0.15) is 0 Å². The Balaban J connectivity index is 1.72. The van der Waals surface area contributed by atoms with E-state index in [9.17, 15) is 8.42 Å². The molecule has 0 aromatic heterocycles. The molecule has 0 amide bonds. The molecule has 3 nitrogen and oxygen atoms in total. The second-order valence-electron chi connectivity index (χ2n) is 5.45. The highest BCUT2D eigenvalue weighted by molar-refractivity contribution is 7.91. The Morgan fingerprint density at radius 1 is 1.00 bits per heavy atom. The predicted octanol–water partition coefficient (Wildman–Crippen LogP) is 0.952. The van der Waals surface area contributed by atoms with Crippen molar-refractivity contribution in [2.75, 3.05) is 11.5 Å². The Kier molecular flexibility index (Phi) is 2.32. The van der Waals surface area contributed by atoms with Gasteiger partial charge in [0.15, 0.2) is 9.84 Å². The van der Waals surface area contributed by atoms with Gasteiger partial charge in [-0.25, -0.2) is 8.42 Å². The monoisotopic (exact) mass is 229 g/mol. The zero-order chi connectivity index (χ0) is 10.5. The predicted molar refractivity (Wildman–Crippen MR) is 59.4 cm³/mol. The number of rotatable bonds is 1. The minimum atomic E-state index is -2.69. The Morgan fingerprint density at radius 2 is 1.80 bits per heavy atom. The van der Waals surface area contributed by atoms with E-state index in [0.29, 0.717) is 29.4 Å². The number of fused-ring (bicyclic) bond motifs is 2. The molecule has 3 saturated heterocycles. The van der Waals surface area contributed by atoms with Gasteiger partial charge in [-0.1, -0.05) is 0 Å². The third-order valence-electron chi connectivity index (χ3n) is 4.51. The number of hydrogen-bond donors (Lipinski definition) is 1. The van der Waals surface area contributed by atoms with Crippen LogP contribution in [0.15, 0.2) is 0 Å². The Bertz CT molecular complexity index is 352. The highest BCUT2D eigenvalue weighted by atomic mass is 32.2. The lowest BCUT2D eigenvalue weighted by molar-refractivity contribution is 0.220. The molecule has 2 bridgehead atoms. The van der Waals surface area contributed by atoms with Gasteiger partial charge in [0, 0.05) is 12.1 Å². The Hall–Kier alpha value is -0.0900. The third kappa shape index (κ3) is 1.82. The van der Waals surface area contributed by atoms with Crippen LogP contribution >= 0.6 is 0 Å². The number of sulfone groups is 1. The van der Waals surface area contributed by atoms with Gasteiger partial charge in [-0.05, 0) is 43.9 Å². The fourth-order valence-corrected chi connectivity index (χ4v) is 5.63. The highest BCUT2D eigenvalue weighted by Gasteiger charge is 2.42. The molecule has 0 spiro atoms. The maximum Gasteiger partial charge on any atom is 0.150 e. The maximum atomic E-state index is 11.5. The van der Waals surface area contributed by atoms with Crippen LogP contribution in [-0.2, 0) is 9.84 Å². The van der Waals surface area contributed by atoms with Crippen molar-refractivity contribution in [2.45, 2.75) is 44.2 Å². The van der Waals surface area contributed by atoms with E-state index >= 15 is 0 Å². The second kappa shape index (κ2) is 3.45. The van der Waals surface area contributed by atoms with E-state index in [1.165, 1.54) is 25.7 Å². The topological polar surface area (TPSA) is 46.2 Å². The summed E-state index contributed by atoms with van der Waals surface area (Å²) in [5.41, 5.74) is 0. The lowest BCUT2D eigenvalue weighted by atomic mass is 9.81. The summed E-state index contributed by atoms with van der Waals surface area (Å²) in [6.07, 6.45) is 6.00. The van der Waals surface area contributed by atoms with Gasteiger partial charge in [-0.3, -0.25) is 0 Å². The van der Waals surface area contributed by atoms with Crippen molar-refractivity contribution in [2.24, 2.45) is 11.8 Å². The molecule has 0 saturated carbocycles. The van der Waals surface area contributed by atoms with Crippen molar-refractivity contribution in [3.8, 4) is 0 Å².